The molecule has 0 radical (unpaired) electrons. The Morgan fingerprint density at radius 3 is 2.50 bits per heavy atom. The van der Waals surface area contributed by atoms with Crippen molar-refractivity contribution < 1.29 is 19.1 Å². The van der Waals surface area contributed by atoms with Gasteiger partial charge in [0, 0.05) is 12.0 Å². The summed E-state index contributed by atoms with van der Waals surface area (Å²) in [7, 11) is 0. The van der Waals surface area contributed by atoms with Gasteiger partial charge in [-0.25, -0.2) is 4.79 Å². The first-order chi connectivity index (χ1) is 7.47. The molecule has 0 saturated carbocycles. The second kappa shape index (κ2) is 7.91. The fraction of sp³-hybridized carbons (Fsp3) is 0.667. The quantitative estimate of drug-likeness (QED) is 0.381. The van der Waals surface area contributed by atoms with Crippen LogP contribution >= 0.6 is 0 Å². The van der Waals surface area contributed by atoms with E-state index in [0.29, 0.717) is 12.0 Å². The van der Waals surface area contributed by atoms with Crippen molar-refractivity contribution in [1.29, 1.82) is 0 Å². The van der Waals surface area contributed by atoms with Crippen molar-refractivity contribution in [3.8, 4) is 0 Å². The van der Waals surface area contributed by atoms with E-state index in [0.717, 1.165) is 6.42 Å². The molecule has 92 valence electrons. The summed E-state index contributed by atoms with van der Waals surface area (Å²) in [5.41, 5.74) is 0.363. The number of ether oxygens (including phenoxy) is 2. The molecule has 0 spiro atoms. The van der Waals surface area contributed by atoms with Gasteiger partial charge in [0.05, 0.1) is 12.7 Å². The largest absolute Gasteiger partial charge is 0.463 e. The molecule has 0 saturated heterocycles. The van der Waals surface area contributed by atoms with Crippen molar-refractivity contribution in [2.45, 2.75) is 46.1 Å². The maximum Gasteiger partial charge on any atom is 0.333 e. The predicted octanol–water partition coefficient (Wildman–Crippen LogP) is 2.23. The van der Waals surface area contributed by atoms with E-state index < -0.39 is 5.97 Å². The molecule has 0 aliphatic rings. The Kier molecular flexibility index (Phi) is 7.25. The summed E-state index contributed by atoms with van der Waals surface area (Å²) < 4.78 is 9.90. The molecule has 0 bridgehead atoms. The smallest absolute Gasteiger partial charge is 0.333 e. The maximum absolute atomic E-state index is 11.2. The molecule has 0 N–H and O–H groups in total. The van der Waals surface area contributed by atoms with E-state index in [2.05, 4.69) is 6.58 Å². The van der Waals surface area contributed by atoms with E-state index >= 15 is 0 Å². The van der Waals surface area contributed by atoms with Crippen LogP contribution in [0.4, 0.5) is 0 Å². The van der Waals surface area contributed by atoms with Crippen LogP contribution in [0, 0.1) is 0 Å². The molecule has 0 aromatic heterocycles. The third kappa shape index (κ3) is 7.04. The molecular formula is C12H20O4. The topological polar surface area (TPSA) is 52.6 Å². The van der Waals surface area contributed by atoms with Gasteiger partial charge < -0.3 is 9.47 Å². The van der Waals surface area contributed by atoms with Crippen molar-refractivity contribution in [2.24, 2.45) is 0 Å². The molecule has 4 nitrogen and oxygen atoms in total. The van der Waals surface area contributed by atoms with Gasteiger partial charge >= 0.3 is 11.9 Å². The van der Waals surface area contributed by atoms with E-state index in [1.807, 2.05) is 13.8 Å². The van der Waals surface area contributed by atoms with E-state index in [1.54, 1.807) is 6.92 Å². The van der Waals surface area contributed by atoms with Gasteiger partial charge in [-0.05, 0) is 26.7 Å². The lowest BCUT2D eigenvalue weighted by molar-refractivity contribution is -0.149. The standard InChI is InChI=1S/C12H20O4/c1-5-10(4)16-11(13)7-6-8-15-12(14)9(2)3/h10H,2,5-8H2,1,3-4H3. The number of esters is 2. The molecule has 0 heterocycles. The lowest BCUT2D eigenvalue weighted by Crippen LogP contribution is -2.14. The lowest BCUT2D eigenvalue weighted by Gasteiger charge is -2.10. The van der Waals surface area contributed by atoms with E-state index in [-0.39, 0.29) is 25.1 Å². The fourth-order valence-electron chi connectivity index (χ4n) is 0.871. The summed E-state index contributed by atoms with van der Waals surface area (Å²) in [6.07, 6.45) is 1.50. The summed E-state index contributed by atoms with van der Waals surface area (Å²) in [4.78, 5) is 22.2. The number of hydrogen-bond acceptors (Lipinski definition) is 4. The average Bonchev–Trinajstić information content (AvgIpc) is 2.23. The maximum atomic E-state index is 11.2. The Hall–Kier alpha value is -1.32. The van der Waals surface area contributed by atoms with Crippen LogP contribution in [0.25, 0.3) is 0 Å². The van der Waals surface area contributed by atoms with Gasteiger partial charge in [-0.1, -0.05) is 13.5 Å². The molecule has 4 heteroatoms. The molecule has 1 atom stereocenters. The molecule has 16 heavy (non-hydrogen) atoms. The molecule has 0 rings (SSSR count). The Labute approximate surface area is 96.6 Å². The molecule has 0 aromatic carbocycles. The van der Waals surface area contributed by atoms with Crippen molar-refractivity contribution in [1.82, 2.24) is 0 Å². The first-order valence-electron chi connectivity index (χ1n) is 5.49. The highest BCUT2D eigenvalue weighted by Gasteiger charge is 2.08. The highest BCUT2D eigenvalue weighted by molar-refractivity contribution is 5.86. The first kappa shape index (κ1) is 14.7. The van der Waals surface area contributed by atoms with Gasteiger partial charge in [0.2, 0.25) is 0 Å². The van der Waals surface area contributed by atoms with Gasteiger partial charge in [0.25, 0.3) is 0 Å². The minimum Gasteiger partial charge on any atom is -0.463 e. The Balaban J connectivity index is 3.55. The summed E-state index contributed by atoms with van der Waals surface area (Å²) in [5.74, 6) is -0.670. The molecule has 0 fully saturated rings. The van der Waals surface area contributed by atoms with Gasteiger partial charge in [0.1, 0.15) is 0 Å². The average molecular weight is 228 g/mol. The normalized spacial score (nSPS) is 11.7. The summed E-state index contributed by atoms with van der Waals surface area (Å²) in [6.45, 7) is 9.06. The van der Waals surface area contributed by atoms with Gasteiger partial charge in [-0.3, -0.25) is 4.79 Å². The molecule has 0 aromatic rings. The van der Waals surface area contributed by atoms with Crippen LogP contribution in [-0.4, -0.2) is 24.6 Å². The van der Waals surface area contributed by atoms with E-state index in [4.69, 9.17) is 9.47 Å². The van der Waals surface area contributed by atoms with Crippen molar-refractivity contribution in [3.63, 3.8) is 0 Å². The fourth-order valence-corrected chi connectivity index (χ4v) is 0.871. The zero-order chi connectivity index (χ0) is 12.6. The second-order valence-electron chi connectivity index (χ2n) is 3.73. The molecule has 1 unspecified atom stereocenters. The second-order valence-corrected chi connectivity index (χ2v) is 3.73. The zero-order valence-corrected chi connectivity index (χ0v) is 10.2. The van der Waals surface area contributed by atoms with Crippen molar-refractivity contribution in [3.05, 3.63) is 12.2 Å². The third-order valence-electron chi connectivity index (χ3n) is 2.01. The highest BCUT2D eigenvalue weighted by atomic mass is 16.5. The van der Waals surface area contributed by atoms with Crippen molar-refractivity contribution >= 4 is 11.9 Å². The molecule has 0 amide bonds. The highest BCUT2D eigenvalue weighted by Crippen LogP contribution is 2.02. The van der Waals surface area contributed by atoms with Crippen LogP contribution in [-0.2, 0) is 19.1 Å². The summed E-state index contributed by atoms with van der Waals surface area (Å²) in [5, 5.41) is 0. The van der Waals surface area contributed by atoms with Crippen LogP contribution in [0.2, 0.25) is 0 Å². The minimum absolute atomic E-state index is 0.0505. The predicted molar refractivity (Wildman–Crippen MR) is 60.9 cm³/mol. The van der Waals surface area contributed by atoms with E-state index in [1.165, 1.54) is 0 Å². The van der Waals surface area contributed by atoms with Gasteiger partial charge in [-0.2, -0.15) is 0 Å². The van der Waals surface area contributed by atoms with Crippen molar-refractivity contribution in [2.75, 3.05) is 6.61 Å². The molecule has 0 aliphatic carbocycles. The number of rotatable bonds is 7. The first-order valence-corrected chi connectivity index (χ1v) is 5.49. The van der Waals surface area contributed by atoms with Gasteiger partial charge in [-0.15, -0.1) is 0 Å². The third-order valence-corrected chi connectivity index (χ3v) is 2.01. The Morgan fingerprint density at radius 1 is 1.38 bits per heavy atom. The molecule has 0 aliphatic heterocycles. The van der Waals surface area contributed by atoms with Crippen LogP contribution in [0.1, 0.15) is 40.0 Å². The Morgan fingerprint density at radius 2 is 2.00 bits per heavy atom. The number of carbonyl (C=O) groups excluding carboxylic acids is 2. The SMILES string of the molecule is C=C(C)C(=O)OCCCC(=O)OC(C)CC. The van der Waals surface area contributed by atoms with Crippen LogP contribution in [0.5, 0.6) is 0 Å². The molecular weight excluding hydrogens is 208 g/mol. The minimum atomic E-state index is -0.421. The van der Waals surface area contributed by atoms with Crippen LogP contribution in [0.3, 0.4) is 0 Å². The number of carbonyl (C=O) groups is 2. The van der Waals surface area contributed by atoms with Crippen LogP contribution < -0.4 is 0 Å². The van der Waals surface area contributed by atoms with E-state index in [9.17, 15) is 9.59 Å². The van der Waals surface area contributed by atoms with Crippen LogP contribution in [0.15, 0.2) is 12.2 Å². The van der Waals surface area contributed by atoms with Gasteiger partial charge in [0.15, 0.2) is 0 Å². The zero-order valence-electron chi connectivity index (χ0n) is 10.2. The lowest BCUT2D eigenvalue weighted by atomic mass is 10.3. The summed E-state index contributed by atoms with van der Waals surface area (Å²) in [6, 6.07) is 0. The summed E-state index contributed by atoms with van der Waals surface area (Å²) >= 11 is 0. The number of hydrogen-bond donors (Lipinski definition) is 0. The monoisotopic (exact) mass is 228 g/mol. The Bertz CT molecular complexity index is 258.